The van der Waals surface area contributed by atoms with Crippen molar-refractivity contribution >= 4 is 23.5 Å². The van der Waals surface area contributed by atoms with Gasteiger partial charge in [-0.2, -0.15) is 13.2 Å². The number of hydrogen-bond acceptors (Lipinski definition) is 6. The molecule has 0 saturated heterocycles. The minimum absolute atomic E-state index is 0.0906. The highest BCUT2D eigenvalue weighted by molar-refractivity contribution is 6.32. The first-order valence-electron chi connectivity index (χ1n) is 10.3. The van der Waals surface area contributed by atoms with Crippen LogP contribution in [0.1, 0.15) is 32.4 Å². The fourth-order valence-corrected chi connectivity index (χ4v) is 3.16. The first-order chi connectivity index (χ1) is 16.3. The molecule has 1 unspecified atom stereocenters. The third-order valence-corrected chi connectivity index (χ3v) is 4.98. The van der Waals surface area contributed by atoms with Gasteiger partial charge in [-0.3, -0.25) is 19.0 Å². The Morgan fingerprint density at radius 3 is 2.46 bits per heavy atom. The lowest BCUT2D eigenvalue weighted by Crippen LogP contribution is -2.41. The fraction of sp³-hybridized carbons (Fsp3) is 0.429. The van der Waals surface area contributed by atoms with Gasteiger partial charge in [-0.1, -0.05) is 11.6 Å². The highest BCUT2D eigenvalue weighted by atomic mass is 35.5. The van der Waals surface area contributed by atoms with Gasteiger partial charge in [0.1, 0.15) is 17.3 Å². The van der Waals surface area contributed by atoms with Gasteiger partial charge >= 0.3 is 17.8 Å². The molecule has 0 fully saturated rings. The molecule has 0 spiro atoms. The van der Waals surface area contributed by atoms with Crippen LogP contribution in [-0.2, 0) is 27.5 Å². The molecular formula is C21H22ClF4N3O6. The van der Waals surface area contributed by atoms with E-state index in [2.05, 4.69) is 5.32 Å². The Hall–Kier alpha value is -3.35. The van der Waals surface area contributed by atoms with Gasteiger partial charge < -0.3 is 14.8 Å². The summed E-state index contributed by atoms with van der Waals surface area (Å²) in [6.07, 6.45) is -5.77. The van der Waals surface area contributed by atoms with E-state index in [0.29, 0.717) is 12.5 Å². The Bertz CT molecular complexity index is 1230. The van der Waals surface area contributed by atoms with Gasteiger partial charge in [-0.25, -0.2) is 13.8 Å². The minimum Gasteiger partial charge on any atom is -0.479 e. The zero-order chi connectivity index (χ0) is 26.5. The molecule has 0 aliphatic carbocycles. The van der Waals surface area contributed by atoms with E-state index >= 15 is 0 Å². The van der Waals surface area contributed by atoms with Crippen LogP contribution >= 0.6 is 11.6 Å². The second-order valence-electron chi connectivity index (χ2n) is 7.24. The number of amides is 1. The molecule has 1 heterocycles. The molecule has 2 rings (SSSR count). The van der Waals surface area contributed by atoms with Crippen LogP contribution in [0.5, 0.6) is 5.75 Å². The van der Waals surface area contributed by atoms with Crippen LogP contribution in [0.3, 0.4) is 0 Å². The van der Waals surface area contributed by atoms with Crippen molar-refractivity contribution in [2.45, 2.75) is 39.0 Å². The molecular weight excluding hydrogens is 502 g/mol. The monoisotopic (exact) mass is 523 g/mol. The normalized spacial score (nSPS) is 12.2. The number of carbonyl (C=O) groups excluding carboxylic acids is 2. The first-order valence-corrected chi connectivity index (χ1v) is 10.6. The number of nitrogens with one attached hydrogen (secondary N) is 1. The van der Waals surface area contributed by atoms with E-state index < -0.39 is 52.6 Å². The number of alkyl halides is 3. The average Bonchev–Trinajstić information content (AvgIpc) is 2.75. The molecule has 0 radical (unpaired) electrons. The Morgan fingerprint density at radius 1 is 1.20 bits per heavy atom. The van der Waals surface area contributed by atoms with E-state index in [1.165, 1.54) is 6.92 Å². The van der Waals surface area contributed by atoms with E-state index in [1.807, 2.05) is 0 Å². The molecule has 0 aliphatic rings. The Kier molecular flexibility index (Phi) is 9.07. The SMILES string of the molecule is CCOC(=O)CCCNC(=O)C(C)Oc1cc(-n2c(=O)cc(C(F)(F)F)n(C)c2=O)c(F)cc1Cl. The molecule has 35 heavy (non-hydrogen) atoms. The van der Waals surface area contributed by atoms with Crippen LogP contribution in [0.2, 0.25) is 5.02 Å². The largest absolute Gasteiger partial charge is 0.479 e. The topological polar surface area (TPSA) is 109 Å². The number of carbonyl (C=O) groups is 2. The molecule has 1 atom stereocenters. The van der Waals surface area contributed by atoms with Crippen molar-refractivity contribution in [1.29, 1.82) is 0 Å². The van der Waals surface area contributed by atoms with Gasteiger partial charge in [0.15, 0.2) is 6.10 Å². The van der Waals surface area contributed by atoms with E-state index in [9.17, 15) is 36.7 Å². The second kappa shape index (κ2) is 11.4. The summed E-state index contributed by atoms with van der Waals surface area (Å²) in [5.41, 5.74) is -5.11. The average molecular weight is 524 g/mol. The predicted octanol–water partition coefficient (Wildman–Crippen LogP) is 2.57. The zero-order valence-corrected chi connectivity index (χ0v) is 19.6. The Balaban J connectivity index is 2.27. The van der Waals surface area contributed by atoms with Gasteiger partial charge in [0.25, 0.3) is 11.5 Å². The summed E-state index contributed by atoms with van der Waals surface area (Å²) >= 11 is 5.96. The number of ether oxygens (including phenoxy) is 2. The molecule has 14 heteroatoms. The molecule has 1 aromatic carbocycles. The second-order valence-corrected chi connectivity index (χ2v) is 7.64. The predicted molar refractivity (Wildman–Crippen MR) is 116 cm³/mol. The van der Waals surface area contributed by atoms with Crippen LogP contribution in [0, 0.1) is 5.82 Å². The summed E-state index contributed by atoms with van der Waals surface area (Å²) in [4.78, 5) is 48.3. The number of benzene rings is 1. The van der Waals surface area contributed by atoms with Crippen LogP contribution < -0.4 is 21.3 Å². The summed E-state index contributed by atoms with van der Waals surface area (Å²) in [6.45, 7) is 3.37. The van der Waals surface area contributed by atoms with Crippen molar-refractivity contribution in [2.24, 2.45) is 7.05 Å². The molecule has 1 aromatic heterocycles. The molecule has 2 aromatic rings. The van der Waals surface area contributed by atoms with E-state index in [1.54, 1.807) is 6.92 Å². The van der Waals surface area contributed by atoms with Gasteiger partial charge in [0, 0.05) is 32.1 Å². The van der Waals surface area contributed by atoms with E-state index in [4.69, 9.17) is 21.1 Å². The summed E-state index contributed by atoms with van der Waals surface area (Å²) < 4.78 is 64.3. The summed E-state index contributed by atoms with van der Waals surface area (Å²) in [5, 5.41) is 2.20. The maximum atomic E-state index is 14.6. The minimum atomic E-state index is -4.99. The smallest absolute Gasteiger partial charge is 0.431 e. The quantitative estimate of drug-likeness (QED) is 0.307. The Morgan fingerprint density at radius 2 is 1.86 bits per heavy atom. The van der Waals surface area contributed by atoms with Gasteiger partial charge in [-0.05, 0) is 26.3 Å². The van der Waals surface area contributed by atoms with Crippen molar-refractivity contribution in [3.05, 3.63) is 55.6 Å². The van der Waals surface area contributed by atoms with Crippen molar-refractivity contribution < 1.29 is 36.6 Å². The van der Waals surface area contributed by atoms with Crippen LogP contribution in [0.4, 0.5) is 17.6 Å². The first kappa shape index (κ1) is 27.9. The van der Waals surface area contributed by atoms with Crippen molar-refractivity contribution in [3.8, 4) is 11.4 Å². The number of aromatic nitrogens is 2. The van der Waals surface area contributed by atoms with Crippen LogP contribution in [-0.4, -0.2) is 40.3 Å². The number of rotatable bonds is 9. The maximum Gasteiger partial charge on any atom is 0.431 e. The molecule has 1 amide bonds. The van der Waals surface area contributed by atoms with Gasteiger partial charge in [-0.15, -0.1) is 0 Å². The molecule has 0 saturated carbocycles. The number of halogens is 5. The van der Waals surface area contributed by atoms with Gasteiger partial charge in [0.2, 0.25) is 0 Å². The molecule has 9 nitrogen and oxygen atoms in total. The molecule has 0 aliphatic heterocycles. The molecule has 1 N–H and O–H groups in total. The number of esters is 1. The van der Waals surface area contributed by atoms with E-state index in [0.717, 1.165) is 13.1 Å². The Labute approximate surface area is 201 Å². The number of nitrogens with zero attached hydrogens (tertiary/aromatic N) is 2. The van der Waals surface area contributed by atoms with Crippen LogP contribution in [0.15, 0.2) is 27.8 Å². The summed E-state index contributed by atoms with van der Waals surface area (Å²) in [7, 11) is 0.778. The highest BCUT2D eigenvalue weighted by Crippen LogP contribution is 2.30. The fourth-order valence-electron chi connectivity index (χ4n) is 2.96. The lowest BCUT2D eigenvalue weighted by molar-refractivity contribution is -0.144. The van der Waals surface area contributed by atoms with Crippen molar-refractivity contribution in [1.82, 2.24) is 14.5 Å². The zero-order valence-electron chi connectivity index (χ0n) is 18.9. The summed E-state index contributed by atoms with van der Waals surface area (Å²) in [5.74, 6) is -2.51. The number of hydrogen-bond donors (Lipinski definition) is 1. The van der Waals surface area contributed by atoms with Crippen LogP contribution in [0.25, 0.3) is 5.69 Å². The highest BCUT2D eigenvalue weighted by Gasteiger charge is 2.35. The van der Waals surface area contributed by atoms with Crippen molar-refractivity contribution in [3.63, 3.8) is 0 Å². The van der Waals surface area contributed by atoms with E-state index in [-0.39, 0.29) is 45.5 Å². The lowest BCUT2D eigenvalue weighted by Gasteiger charge is -2.18. The molecule has 192 valence electrons. The molecule has 0 bridgehead atoms. The third-order valence-electron chi connectivity index (χ3n) is 4.69. The lowest BCUT2D eigenvalue weighted by atomic mass is 10.2. The standard InChI is InChI=1S/C21H22ClF4N3O6/c1-4-34-18(31)6-5-7-27-19(32)11(2)35-15-9-14(13(23)8-12(15)22)29-17(30)10-16(21(24,25)26)28(3)20(29)33/h8-11H,4-7H2,1-3H3,(H,27,32). The van der Waals surface area contributed by atoms with Gasteiger partial charge in [0.05, 0.1) is 17.3 Å². The van der Waals surface area contributed by atoms with Crippen molar-refractivity contribution in [2.75, 3.05) is 13.2 Å². The maximum absolute atomic E-state index is 14.6. The summed E-state index contributed by atoms with van der Waals surface area (Å²) in [6, 6.07) is 1.68. The third kappa shape index (κ3) is 6.84.